The zero-order chi connectivity index (χ0) is 12.6. The summed E-state index contributed by atoms with van der Waals surface area (Å²) in [4.78, 5) is 0. The Bertz CT molecular complexity index is 554. The Hall–Kier alpha value is -0.880. The topological polar surface area (TPSA) is 43.8 Å². The first-order chi connectivity index (χ1) is 8.00. The monoisotopic (exact) mass is 361 g/mol. The largest absolute Gasteiger partial charge is 0.383 e. The summed E-state index contributed by atoms with van der Waals surface area (Å²) < 4.78 is 16.0. The molecule has 1 heterocycles. The van der Waals surface area contributed by atoms with E-state index in [1.807, 2.05) is 6.92 Å². The van der Waals surface area contributed by atoms with Crippen LogP contribution < -0.4 is 5.73 Å². The van der Waals surface area contributed by atoms with Gasteiger partial charge in [0.25, 0.3) is 0 Å². The van der Waals surface area contributed by atoms with E-state index in [2.05, 4.69) is 37.0 Å². The van der Waals surface area contributed by atoms with Gasteiger partial charge in [0.05, 0.1) is 21.2 Å². The standard InChI is InChI=1S/C11H10Br2FN3/c1-6(17-11(15)9(13)5-16-17)7-2-3-10(14)8(12)4-7/h2-6H,15H2,1H3. The van der Waals surface area contributed by atoms with E-state index in [1.165, 1.54) is 6.07 Å². The molecule has 0 fully saturated rings. The van der Waals surface area contributed by atoms with Crippen LogP contribution in [-0.2, 0) is 0 Å². The van der Waals surface area contributed by atoms with Crippen molar-refractivity contribution >= 4 is 37.7 Å². The van der Waals surface area contributed by atoms with Gasteiger partial charge in [0, 0.05) is 0 Å². The van der Waals surface area contributed by atoms with Gasteiger partial charge < -0.3 is 5.73 Å². The van der Waals surface area contributed by atoms with Crippen LogP contribution in [0.2, 0.25) is 0 Å². The highest BCUT2D eigenvalue weighted by Crippen LogP contribution is 2.27. The molecule has 0 saturated heterocycles. The lowest BCUT2D eigenvalue weighted by Gasteiger charge is -2.14. The summed E-state index contributed by atoms with van der Waals surface area (Å²) in [5, 5.41) is 4.18. The minimum atomic E-state index is -0.282. The fourth-order valence-corrected chi connectivity index (χ4v) is 2.24. The van der Waals surface area contributed by atoms with Gasteiger partial charge in [0.1, 0.15) is 11.6 Å². The van der Waals surface area contributed by atoms with Crippen LogP contribution in [0.15, 0.2) is 33.3 Å². The zero-order valence-electron chi connectivity index (χ0n) is 8.99. The smallest absolute Gasteiger partial charge is 0.137 e. The van der Waals surface area contributed by atoms with E-state index in [1.54, 1.807) is 23.0 Å². The fraction of sp³-hybridized carbons (Fsp3) is 0.182. The van der Waals surface area contributed by atoms with Gasteiger partial charge in [-0.05, 0) is 56.5 Å². The Morgan fingerprint density at radius 1 is 1.35 bits per heavy atom. The van der Waals surface area contributed by atoms with Crippen LogP contribution in [-0.4, -0.2) is 9.78 Å². The third kappa shape index (κ3) is 2.37. The van der Waals surface area contributed by atoms with Crippen molar-refractivity contribution < 1.29 is 4.39 Å². The molecule has 0 aliphatic rings. The normalized spacial score (nSPS) is 12.7. The second-order valence-corrected chi connectivity index (χ2v) is 5.38. The highest BCUT2D eigenvalue weighted by molar-refractivity contribution is 9.10. The maximum atomic E-state index is 13.1. The Labute approximate surface area is 115 Å². The summed E-state index contributed by atoms with van der Waals surface area (Å²) >= 11 is 6.47. The van der Waals surface area contributed by atoms with Crippen LogP contribution in [0.1, 0.15) is 18.5 Å². The molecule has 17 heavy (non-hydrogen) atoms. The van der Waals surface area contributed by atoms with Crippen LogP contribution in [0.5, 0.6) is 0 Å². The van der Waals surface area contributed by atoms with Crippen molar-refractivity contribution in [2.24, 2.45) is 0 Å². The molecule has 90 valence electrons. The van der Waals surface area contributed by atoms with Gasteiger partial charge in [-0.3, -0.25) is 0 Å². The summed E-state index contributed by atoms with van der Waals surface area (Å²) in [6.45, 7) is 1.95. The second kappa shape index (κ2) is 4.78. The lowest BCUT2D eigenvalue weighted by molar-refractivity contribution is 0.568. The summed E-state index contributed by atoms with van der Waals surface area (Å²) in [6.07, 6.45) is 1.64. The molecule has 1 atom stereocenters. The first-order valence-corrected chi connectivity index (χ1v) is 6.52. The Kier molecular flexibility index (Phi) is 3.53. The molecule has 0 amide bonds. The van der Waals surface area contributed by atoms with E-state index in [9.17, 15) is 4.39 Å². The van der Waals surface area contributed by atoms with E-state index in [0.717, 1.165) is 10.0 Å². The van der Waals surface area contributed by atoms with Crippen molar-refractivity contribution in [3.63, 3.8) is 0 Å². The number of halogens is 3. The average molecular weight is 363 g/mol. The average Bonchev–Trinajstić information content (AvgIpc) is 2.63. The Morgan fingerprint density at radius 3 is 2.59 bits per heavy atom. The van der Waals surface area contributed by atoms with Gasteiger partial charge >= 0.3 is 0 Å². The van der Waals surface area contributed by atoms with Crippen molar-refractivity contribution in [2.45, 2.75) is 13.0 Å². The first kappa shape index (κ1) is 12.6. The van der Waals surface area contributed by atoms with Crippen LogP contribution in [0.4, 0.5) is 10.2 Å². The molecule has 2 rings (SSSR count). The molecular formula is C11H10Br2FN3. The summed E-state index contributed by atoms with van der Waals surface area (Å²) in [7, 11) is 0. The summed E-state index contributed by atoms with van der Waals surface area (Å²) in [6, 6.07) is 4.82. The minimum absolute atomic E-state index is 0.0572. The van der Waals surface area contributed by atoms with Gasteiger partial charge in [0.2, 0.25) is 0 Å². The van der Waals surface area contributed by atoms with Crippen molar-refractivity contribution in [1.82, 2.24) is 9.78 Å². The predicted molar refractivity (Wildman–Crippen MR) is 72.3 cm³/mol. The highest BCUT2D eigenvalue weighted by Gasteiger charge is 2.14. The second-order valence-electron chi connectivity index (χ2n) is 3.67. The number of rotatable bonds is 2. The van der Waals surface area contributed by atoms with E-state index in [4.69, 9.17) is 5.73 Å². The molecule has 0 aliphatic carbocycles. The third-order valence-corrected chi connectivity index (χ3v) is 3.80. The van der Waals surface area contributed by atoms with Crippen LogP contribution in [0, 0.1) is 5.82 Å². The maximum absolute atomic E-state index is 13.1. The molecule has 0 saturated carbocycles. The molecular weight excluding hydrogens is 353 g/mol. The SMILES string of the molecule is CC(c1ccc(F)c(Br)c1)n1ncc(Br)c1N. The summed E-state index contributed by atoms with van der Waals surface area (Å²) in [5.41, 5.74) is 6.81. The molecule has 2 aromatic rings. The van der Waals surface area contributed by atoms with E-state index in [0.29, 0.717) is 10.3 Å². The Morgan fingerprint density at radius 2 is 2.06 bits per heavy atom. The molecule has 0 aliphatic heterocycles. The van der Waals surface area contributed by atoms with Gasteiger partial charge in [-0.25, -0.2) is 9.07 Å². The zero-order valence-corrected chi connectivity index (χ0v) is 12.2. The molecule has 0 radical (unpaired) electrons. The van der Waals surface area contributed by atoms with Gasteiger partial charge in [0.15, 0.2) is 0 Å². The number of anilines is 1. The highest BCUT2D eigenvalue weighted by atomic mass is 79.9. The molecule has 1 unspecified atom stereocenters. The molecule has 1 aromatic carbocycles. The minimum Gasteiger partial charge on any atom is -0.383 e. The van der Waals surface area contributed by atoms with Crippen LogP contribution in [0.25, 0.3) is 0 Å². The van der Waals surface area contributed by atoms with E-state index < -0.39 is 0 Å². The molecule has 2 N–H and O–H groups in total. The number of benzene rings is 1. The van der Waals surface area contributed by atoms with Crippen molar-refractivity contribution in [2.75, 3.05) is 5.73 Å². The molecule has 0 bridgehead atoms. The number of nitrogens with zero attached hydrogens (tertiary/aromatic N) is 2. The first-order valence-electron chi connectivity index (χ1n) is 4.94. The van der Waals surface area contributed by atoms with Gasteiger partial charge in [-0.2, -0.15) is 5.10 Å². The maximum Gasteiger partial charge on any atom is 0.137 e. The molecule has 6 heteroatoms. The number of nitrogens with two attached hydrogens (primary N) is 1. The molecule has 1 aromatic heterocycles. The van der Waals surface area contributed by atoms with Crippen molar-refractivity contribution in [3.05, 3.63) is 44.7 Å². The number of aromatic nitrogens is 2. The fourth-order valence-electron chi connectivity index (χ4n) is 1.57. The summed E-state index contributed by atoms with van der Waals surface area (Å²) in [5.74, 6) is 0.272. The molecule has 3 nitrogen and oxygen atoms in total. The van der Waals surface area contributed by atoms with Crippen LogP contribution >= 0.6 is 31.9 Å². The lowest BCUT2D eigenvalue weighted by atomic mass is 10.1. The quantitative estimate of drug-likeness (QED) is 0.884. The Balaban J connectivity index is 2.40. The number of hydrogen-bond donors (Lipinski definition) is 1. The van der Waals surface area contributed by atoms with E-state index >= 15 is 0 Å². The van der Waals surface area contributed by atoms with Crippen molar-refractivity contribution in [1.29, 1.82) is 0 Å². The van der Waals surface area contributed by atoms with Crippen LogP contribution in [0.3, 0.4) is 0 Å². The number of nitrogen functional groups attached to an aromatic ring is 1. The lowest BCUT2D eigenvalue weighted by Crippen LogP contribution is -2.11. The van der Waals surface area contributed by atoms with Crippen molar-refractivity contribution in [3.8, 4) is 0 Å². The number of hydrogen-bond acceptors (Lipinski definition) is 2. The van der Waals surface area contributed by atoms with E-state index in [-0.39, 0.29) is 11.9 Å². The third-order valence-electron chi connectivity index (χ3n) is 2.58. The van der Waals surface area contributed by atoms with Gasteiger partial charge in [-0.15, -0.1) is 0 Å². The molecule has 0 spiro atoms. The van der Waals surface area contributed by atoms with Gasteiger partial charge in [-0.1, -0.05) is 6.07 Å². The predicted octanol–water partition coefficient (Wildman–Crippen LogP) is 3.74.